The van der Waals surface area contributed by atoms with Gasteiger partial charge in [0, 0.05) is 12.0 Å². The number of rotatable bonds is 3. The van der Waals surface area contributed by atoms with E-state index >= 15 is 0 Å². The van der Waals surface area contributed by atoms with Crippen LogP contribution >= 0.6 is 0 Å². The lowest BCUT2D eigenvalue weighted by molar-refractivity contribution is 0.0972. The average Bonchev–Trinajstić information content (AvgIpc) is 2.37. The fourth-order valence-electron chi connectivity index (χ4n) is 2.31. The van der Waals surface area contributed by atoms with Gasteiger partial charge in [-0.1, -0.05) is 20.8 Å². The van der Waals surface area contributed by atoms with Crippen molar-refractivity contribution in [3.05, 3.63) is 23.3 Å². The Morgan fingerprint density at radius 3 is 2.33 bits per heavy atom. The highest BCUT2D eigenvalue weighted by Gasteiger charge is 2.39. The van der Waals surface area contributed by atoms with Crippen molar-refractivity contribution in [3.8, 4) is 11.5 Å². The lowest BCUT2D eigenvalue weighted by Crippen LogP contribution is -2.44. The first-order chi connectivity index (χ1) is 9.65. The second-order valence-corrected chi connectivity index (χ2v) is 12.0. The zero-order chi connectivity index (χ0) is 15.8. The van der Waals surface area contributed by atoms with Gasteiger partial charge in [-0.3, -0.25) is 4.79 Å². The van der Waals surface area contributed by atoms with Crippen LogP contribution in [-0.4, -0.2) is 21.2 Å². The second-order valence-electron chi connectivity index (χ2n) is 7.30. The molecule has 0 atom stereocenters. The van der Waals surface area contributed by atoms with Crippen molar-refractivity contribution in [2.45, 2.75) is 58.2 Å². The van der Waals surface area contributed by atoms with Gasteiger partial charge >= 0.3 is 0 Å². The zero-order valence-electron chi connectivity index (χ0n) is 14.0. The second kappa shape index (κ2) is 5.48. The molecule has 1 aromatic rings. The molecule has 116 valence electrons. The molecular formula is C17H26O3Si. The van der Waals surface area contributed by atoms with E-state index in [4.69, 9.17) is 9.16 Å². The molecule has 0 heterocycles. The Balaban J connectivity index is 2.44. The molecule has 0 N–H and O–H groups in total. The fourth-order valence-corrected chi connectivity index (χ4v) is 3.33. The highest BCUT2D eigenvalue weighted by molar-refractivity contribution is 6.74. The largest absolute Gasteiger partial charge is 0.541 e. The molecule has 0 amide bonds. The number of benzene rings is 1. The topological polar surface area (TPSA) is 35.5 Å². The lowest BCUT2D eigenvalue weighted by atomic mass is 9.90. The van der Waals surface area contributed by atoms with Crippen molar-refractivity contribution in [3.63, 3.8) is 0 Å². The van der Waals surface area contributed by atoms with Crippen LogP contribution in [0.1, 0.15) is 49.5 Å². The maximum Gasteiger partial charge on any atom is 0.250 e. The van der Waals surface area contributed by atoms with Crippen LogP contribution in [0.4, 0.5) is 0 Å². The van der Waals surface area contributed by atoms with Crippen molar-refractivity contribution in [2.24, 2.45) is 0 Å². The van der Waals surface area contributed by atoms with Gasteiger partial charge in [0.2, 0.25) is 0 Å². The highest BCUT2D eigenvalue weighted by Crippen LogP contribution is 2.41. The summed E-state index contributed by atoms with van der Waals surface area (Å²) in [6.07, 6.45) is 2.51. The van der Waals surface area contributed by atoms with E-state index in [0.29, 0.717) is 6.42 Å². The Labute approximate surface area is 128 Å². The number of hydrogen-bond acceptors (Lipinski definition) is 3. The normalized spacial score (nSPS) is 15.6. The number of ketones is 1. The number of hydrogen-bond donors (Lipinski definition) is 0. The van der Waals surface area contributed by atoms with Crippen molar-refractivity contribution in [2.75, 3.05) is 7.11 Å². The van der Waals surface area contributed by atoms with E-state index in [1.807, 2.05) is 12.1 Å². The van der Waals surface area contributed by atoms with Crippen LogP contribution in [0.5, 0.6) is 11.5 Å². The zero-order valence-corrected chi connectivity index (χ0v) is 15.0. The van der Waals surface area contributed by atoms with Gasteiger partial charge in [-0.25, -0.2) is 0 Å². The Kier molecular flexibility index (Phi) is 4.20. The molecule has 1 aromatic carbocycles. The van der Waals surface area contributed by atoms with Crippen LogP contribution in [0, 0.1) is 0 Å². The Morgan fingerprint density at radius 1 is 1.10 bits per heavy atom. The van der Waals surface area contributed by atoms with Gasteiger partial charge in [0.15, 0.2) is 11.5 Å². The van der Waals surface area contributed by atoms with E-state index in [9.17, 15) is 4.79 Å². The summed E-state index contributed by atoms with van der Waals surface area (Å²) in [5.74, 6) is 1.69. The van der Waals surface area contributed by atoms with Crippen LogP contribution < -0.4 is 9.16 Å². The van der Waals surface area contributed by atoms with Gasteiger partial charge in [-0.05, 0) is 48.7 Å². The summed E-state index contributed by atoms with van der Waals surface area (Å²) in [7, 11) is -0.294. The van der Waals surface area contributed by atoms with Crippen LogP contribution in [0.15, 0.2) is 12.1 Å². The first kappa shape index (κ1) is 16.1. The van der Waals surface area contributed by atoms with Crippen molar-refractivity contribution < 1.29 is 14.0 Å². The first-order valence-corrected chi connectivity index (χ1v) is 10.5. The fraction of sp³-hybridized carbons (Fsp3) is 0.588. The molecule has 1 aliphatic rings. The molecule has 0 unspecified atom stereocenters. The predicted molar refractivity (Wildman–Crippen MR) is 88.1 cm³/mol. The monoisotopic (exact) mass is 306 g/mol. The number of Topliss-reactive ketones (excluding diaryl/α,β-unsaturated/α-hetero) is 1. The molecule has 0 saturated carbocycles. The number of carbonyl (C=O) groups excluding carboxylic acids is 1. The summed E-state index contributed by atoms with van der Waals surface area (Å²) in [5.41, 5.74) is 1.90. The maximum atomic E-state index is 12.1. The number of aryl methyl sites for hydroxylation is 1. The Morgan fingerprint density at radius 2 is 1.76 bits per heavy atom. The van der Waals surface area contributed by atoms with Crippen molar-refractivity contribution in [1.82, 2.24) is 0 Å². The van der Waals surface area contributed by atoms with E-state index in [1.165, 1.54) is 0 Å². The molecule has 1 aliphatic carbocycles. The van der Waals surface area contributed by atoms with E-state index in [1.54, 1.807) is 7.11 Å². The summed E-state index contributed by atoms with van der Waals surface area (Å²) in [6.45, 7) is 11.0. The minimum atomic E-state index is -1.95. The van der Waals surface area contributed by atoms with Crippen molar-refractivity contribution >= 4 is 14.1 Å². The van der Waals surface area contributed by atoms with Crippen LogP contribution in [0.2, 0.25) is 18.1 Å². The molecule has 4 heteroatoms. The van der Waals surface area contributed by atoms with Crippen LogP contribution in [0.3, 0.4) is 0 Å². The Hall–Kier alpha value is -1.29. The molecule has 0 radical (unpaired) electrons. The maximum absolute atomic E-state index is 12.1. The van der Waals surface area contributed by atoms with E-state index in [2.05, 4.69) is 33.9 Å². The number of fused-ring (bicyclic) bond motifs is 1. The molecule has 0 aromatic heterocycles. The third-order valence-corrected chi connectivity index (χ3v) is 9.05. The smallest absolute Gasteiger partial charge is 0.250 e. The molecular weight excluding hydrogens is 280 g/mol. The first-order valence-electron chi connectivity index (χ1n) is 7.59. The quantitative estimate of drug-likeness (QED) is 0.766. The molecule has 21 heavy (non-hydrogen) atoms. The SMILES string of the molecule is COc1cc2c(cc1O[Si](C)(C)C(C)(C)C)C(=O)CCC2. The minimum Gasteiger partial charge on any atom is -0.541 e. The number of carbonyl (C=O) groups is 1. The van der Waals surface area contributed by atoms with Gasteiger partial charge < -0.3 is 9.16 Å². The highest BCUT2D eigenvalue weighted by atomic mass is 28.4. The molecule has 0 spiro atoms. The van der Waals surface area contributed by atoms with E-state index in [-0.39, 0.29) is 10.8 Å². The molecule has 0 fully saturated rings. The van der Waals surface area contributed by atoms with Crippen LogP contribution in [0.25, 0.3) is 0 Å². The summed E-state index contributed by atoms with van der Waals surface area (Å²) in [4.78, 5) is 12.1. The summed E-state index contributed by atoms with van der Waals surface area (Å²) < 4.78 is 11.9. The van der Waals surface area contributed by atoms with E-state index in [0.717, 1.165) is 35.5 Å². The average molecular weight is 306 g/mol. The van der Waals surface area contributed by atoms with E-state index < -0.39 is 8.32 Å². The third kappa shape index (κ3) is 3.15. The van der Waals surface area contributed by atoms with Crippen LogP contribution in [-0.2, 0) is 6.42 Å². The van der Waals surface area contributed by atoms with Gasteiger partial charge in [0.1, 0.15) is 5.75 Å². The predicted octanol–water partition coefficient (Wildman–Crippen LogP) is 4.60. The lowest BCUT2D eigenvalue weighted by Gasteiger charge is -2.37. The van der Waals surface area contributed by atoms with Gasteiger partial charge in [-0.2, -0.15) is 0 Å². The Bertz CT molecular complexity index is 556. The third-order valence-electron chi connectivity index (χ3n) is 4.71. The molecule has 0 saturated heterocycles. The summed E-state index contributed by atoms with van der Waals surface area (Å²) in [5, 5.41) is 0.109. The van der Waals surface area contributed by atoms with Gasteiger partial charge in [-0.15, -0.1) is 0 Å². The molecule has 2 rings (SSSR count). The molecule has 0 aliphatic heterocycles. The van der Waals surface area contributed by atoms with Gasteiger partial charge in [0.25, 0.3) is 8.32 Å². The van der Waals surface area contributed by atoms with Crippen molar-refractivity contribution in [1.29, 1.82) is 0 Å². The summed E-state index contributed by atoms with van der Waals surface area (Å²) >= 11 is 0. The molecule has 3 nitrogen and oxygen atoms in total. The number of methoxy groups -OCH3 is 1. The molecule has 0 bridgehead atoms. The standard InChI is InChI=1S/C17H26O3Si/c1-17(2,3)21(5,6)20-16-11-13-12(10-15(16)19-4)8-7-9-14(13)18/h10-11H,7-9H2,1-6H3. The summed E-state index contributed by atoms with van der Waals surface area (Å²) in [6, 6.07) is 3.88. The van der Waals surface area contributed by atoms with Gasteiger partial charge in [0.05, 0.1) is 7.11 Å². The number of ether oxygens (including phenoxy) is 1. The minimum absolute atomic E-state index is 0.109.